The number of carbonyl (C=O) groups is 2. The molecular formula is C9H6BrF3N2O3. The van der Waals surface area contributed by atoms with Gasteiger partial charge in [-0.1, -0.05) is 0 Å². The summed E-state index contributed by atoms with van der Waals surface area (Å²) < 4.78 is 40.6. The van der Waals surface area contributed by atoms with E-state index < -0.39 is 18.1 Å². The molecular weight excluding hydrogens is 321 g/mol. The van der Waals surface area contributed by atoms with E-state index in [4.69, 9.17) is 0 Å². The minimum absolute atomic E-state index is 0.104. The molecule has 1 amide bonds. The Morgan fingerprint density at radius 3 is 2.56 bits per heavy atom. The number of halogens is 4. The summed E-state index contributed by atoms with van der Waals surface area (Å²) in [5.41, 5.74) is -0.453. The summed E-state index contributed by atoms with van der Waals surface area (Å²) >= 11 is 2.90. The van der Waals surface area contributed by atoms with Crippen molar-refractivity contribution in [1.29, 1.82) is 0 Å². The average molecular weight is 327 g/mol. The molecule has 18 heavy (non-hydrogen) atoms. The van der Waals surface area contributed by atoms with Crippen LogP contribution in [0, 0.1) is 0 Å². The van der Waals surface area contributed by atoms with Crippen molar-refractivity contribution in [3.05, 3.63) is 22.4 Å². The van der Waals surface area contributed by atoms with Crippen LogP contribution in [0.2, 0.25) is 0 Å². The second-order valence-electron chi connectivity index (χ2n) is 2.99. The molecule has 0 aliphatic heterocycles. The number of hydrogen-bond acceptors (Lipinski definition) is 4. The van der Waals surface area contributed by atoms with Gasteiger partial charge in [-0.3, -0.25) is 4.79 Å². The van der Waals surface area contributed by atoms with Gasteiger partial charge in [0.25, 0.3) is 0 Å². The Bertz CT molecular complexity index is 490. The van der Waals surface area contributed by atoms with Gasteiger partial charge in [-0.05, 0) is 22.0 Å². The van der Waals surface area contributed by atoms with Crippen LogP contribution in [0.4, 0.5) is 18.9 Å². The molecule has 0 radical (unpaired) electrons. The van der Waals surface area contributed by atoms with Gasteiger partial charge in [0.1, 0.15) is 5.69 Å². The van der Waals surface area contributed by atoms with Crippen molar-refractivity contribution in [2.24, 2.45) is 0 Å². The summed E-state index contributed by atoms with van der Waals surface area (Å²) in [5, 5.41) is 1.61. The standard InChI is InChI=1S/C9H6BrF3N2O3/c1-18-7(16)6-2-5(4(10)3-14-6)15-8(17)9(11,12)13/h2-3H,1H3,(H,14,15,17). The molecule has 0 bridgehead atoms. The van der Waals surface area contributed by atoms with E-state index in [9.17, 15) is 22.8 Å². The maximum absolute atomic E-state index is 12.1. The number of ether oxygens (including phenoxy) is 1. The van der Waals surface area contributed by atoms with Crippen LogP contribution in [0.1, 0.15) is 10.5 Å². The SMILES string of the molecule is COC(=O)c1cc(NC(=O)C(F)(F)F)c(Br)cn1. The number of methoxy groups -OCH3 is 1. The Hall–Kier alpha value is -1.64. The maximum Gasteiger partial charge on any atom is 0.471 e. The van der Waals surface area contributed by atoms with Crippen molar-refractivity contribution >= 4 is 33.5 Å². The number of nitrogens with zero attached hydrogens (tertiary/aromatic N) is 1. The number of nitrogens with one attached hydrogen (secondary N) is 1. The molecule has 1 rings (SSSR count). The summed E-state index contributed by atoms with van der Waals surface area (Å²) in [6.45, 7) is 0. The van der Waals surface area contributed by atoms with E-state index in [0.717, 1.165) is 19.4 Å². The molecule has 1 aromatic rings. The lowest BCUT2D eigenvalue weighted by molar-refractivity contribution is -0.167. The molecule has 0 aliphatic carbocycles. The number of amides is 1. The highest BCUT2D eigenvalue weighted by atomic mass is 79.9. The number of esters is 1. The third kappa shape index (κ3) is 3.42. The third-order valence-electron chi connectivity index (χ3n) is 1.76. The first-order valence-corrected chi connectivity index (χ1v) is 5.17. The van der Waals surface area contributed by atoms with Crippen LogP contribution in [-0.4, -0.2) is 30.1 Å². The first-order valence-electron chi connectivity index (χ1n) is 4.37. The molecule has 0 aromatic carbocycles. The first kappa shape index (κ1) is 14.4. The summed E-state index contributed by atoms with van der Waals surface area (Å²) in [4.78, 5) is 25.5. The molecule has 9 heteroatoms. The molecule has 0 spiro atoms. The predicted molar refractivity (Wildman–Crippen MR) is 58.0 cm³/mol. The molecule has 0 saturated heterocycles. The minimum Gasteiger partial charge on any atom is -0.464 e. The number of rotatable bonds is 2. The summed E-state index contributed by atoms with van der Waals surface area (Å²) in [7, 11) is 1.10. The molecule has 1 heterocycles. The van der Waals surface area contributed by atoms with Crippen molar-refractivity contribution in [1.82, 2.24) is 4.98 Å². The highest BCUT2D eigenvalue weighted by Gasteiger charge is 2.39. The topological polar surface area (TPSA) is 68.3 Å². The molecule has 0 atom stereocenters. The van der Waals surface area contributed by atoms with E-state index in [1.54, 1.807) is 5.32 Å². The molecule has 5 nitrogen and oxygen atoms in total. The summed E-state index contributed by atoms with van der Waals surface area (Å²) in [6, 6.07) is 0.972. The zero-order valence-corrected chi connectivity index (χ0v) is 10.4. The van der Waals surface area contributed by atoms with Gasteiger partial charge in [-0.25, -0.2) is 9.78 Å². The van der Waals surface area contributed by atoms with Gasteiger partial charge in [0.2, 0.25) is 0 Å². The first-order chi connectivity index (χ1) is 8.25. The Kier molecular flexibility index (Phi) is 4.28. The average Bonchev–Trinajstić information content (AvgIpc) is 2.29. The molecule has 0 unspecified atom stereocenters. The lowest BCUT2D eigenvalue weighted by Crippen LogP contribution is -2.30. The van der Waals surface area contributed by atoms with Crippen LogP contribution in [0.3, 0.4) is 0 Å². The fourth-order valence-electron chi connectivity index (χ4n) is 0.944. The lowest BCUT2D eigenvalue weighted by atomic mass is 10.3. The van der Waals surface area contributed by atoms with Crippen molar-refractivity contribution in [2.45, 2.75) is 6.18 Å². The van der Waals surface area contributed by atoms with Gasteiger partial charge in [0.15, 0.2) is 0 Å². The summed E-state index contributed by atoms with van der Waals surface area (Å²) in [5.74, 6) is -2.98. The quantitative estimate of drug-likeness (QED) is 0.845. The van der Waals surface area contributed by atoms with E-state index >= 15 is 0 Å². The smallest absolute Gasteiger partial charge is 0.464 e. The fourth-order valence-corrected chi connectivity index (χ4v) is 1.26. The zero-order chi connectivity index (χ0) is 13.9. The summed E-state index contributed by atoms with van der Waals surface area (Å²) in [6.07, 6.45) is -3.94. The van der Waals surface area contributed by atoms with Gasteiger partial charge in [-0.15, -0.1) is 0 Å². The van der Waals surface area contributed by atoms with Gasteiger partial charge in [0, 0.05) is 6.20 Å². The van der Waals surface area contributed by atoms with Gasteiger partial charge >= 0.3 is 18.1 Å². The third-order valence-corrected chi connectivity index (χ3v) is 2.39. The monoisotopic (exact) mass is 326 g/mol. The van der Waals surface area contributed by atoms with E-state index in [2.05, 4.69) is 25.7 Å². The molecule has 1 aromatic heterocycles. The van der Waals surface area contributed by atoms with Crippen LogP contribution in [0.25, 0.3) is 0 Å². The number of pyridine rings is 1. The van der Waals surface area contributed by atoms with Crippen LogP contribution >= 0.6 is 15.9 Å². The molecule has 1 N–H and O–H groups in total. The lowest BCUT2D eigenvalue weighted by Gasteiger charge is -2.10. The number of alkyl halides is 3. The van der Waals surface area contributed by atoms with Crippen LogP contribution < -0.4 is 5.32 Å². The van der Waals surface area contributed by atoms with Gasteiger partial charge < -0.3 is 10.1 Å². The molecule has 0 aliphatic rings. The minimum atomic E-state index is -5.02. The van der Waals surface area contributed by atoms with Crippen molar-refractivity contribution in [2.75, 3.05) is 12.4 Å². The Morgan fingerprint density at radius 2 is 2.06 bits per heavy atom. The Morgan fingerprint density at radius 1 is 1.44 bits per heavy atom. The highest BCUT2D eigenvalue weighted by Crippen LogP contribution is 2.25. The van der Waals surface area contributed by atoms with E-state index in [-0.39, 0.29) is 15.9 Å². The van der Waals surface area contributed by atoms with Gasteiger partial charge in [0.05, 0.1) is 17.3 Å². The highest BCUT2D eigenvalue weighted by molar-refractivity contribution is 9.10. The van der Waals surface area contributed by atoms with E-state index in [1.165, 1.54) is 0 Å². The van der Waals surface area contributed by atoms with Crippen LogP contribution in [0.5, 0.6) is 0 Å². The van der Waals surface area contributed by atoms with Crippen LogP contribution in [-0.2, 0) is 9.53 Å². The maximum atomic E-state index is 12.1. The predicted octanol–water partition coefficient (Wildman–Crippen LogP) is 2.13. The van der Waals surface area contributed by atoms with E-state index in [1.807, 2.05) is 0 Å². The number of carbonyl (C=O) groups excluding carboxylic acids is 2. The molecule has 98 valence electrons. The second kappa shape index (κ2) is 5.34. The fraction of sp³-hybridized carbons (Fsp3) is 0.222. The van der Waals surface area contributed by atoms with Crippen molar-refractivity contribution in [3.63, 3.8) is 0 Å². The van der Waals surface area contributed by atoms with E-state index in [0.29, 0.717) is 0 Å². The molecule has 0 saturated carbocycles. The largest absolute Gasteiger partial charge is 0.471 e. The van der Waals surface area contributed by atoms with Crippen molar-refractivity contribution < 1.29 is 27.5 Å². The molecule has 0 fully saturated rings. The number of aromatic nitrogens is 1. The van der Waals surface area contributed by atoms with Crippen molar-refractivity contribution in [3.8, 4) is 0 Å². The number of hydrogen-bond donors (Lipinski definition) is 1. The normalized spacial score (nSPS) is 10.9. The van der Waals surface area contributed by atoms with Crippen LogP contribution in [0.15, 0.2) is 16.7 Å². The zero-order valence-electron chi connectivity index (χ0n) is 8.84. The second-order valence-corrected chi connectivity index (χ2v) is 3.85. The Labute approximate surface area is 107 Å². The number of anilines is 1. The van der Waals surface area contributed by atoms with Gasteiger partial charge in [-0.2, -0.15) is 13.2 Å². The Balaban J connectivity index is 3.02.